The summed E-state index contributed by atoms with van der Waals surface area (Å²) in [4.78, 5) is 11.8. The zero-order valence-corrected chi connectivity index (χ0v) is 12.2. The average molecular weight is 315 g/mol. The van der Waals surface area contributed by atoms with Crippen LogP contribution in [0, 0.1) is 0 Å². The zero-order valence-electron chi connectivity index (χ0n) is 10.7. The van der Waals surface area contributed by atoms with Gasteiger partial charge in [-0.3, -0.25) is 4.79 Å². The first-order chi connectivity index (χ1) is 8.74. The molecule has 0 aliphatic carbocycles. The molecule has 18 heavy (non-hydrogen) atoms. The van der Waals surface area contributed by atoms with Crippen LogP contribution >= 0.6 is 15.9 Å². The molecule has 4 heteroatoms. The summed E-state index contributed by atoms with van der Waals surface area (Å²) in [6.45, 7) is 4.50. The predicted octanol–water partition coefficient (Wildman–Crippen LogP) is 3.47. The smallest absolute Gasteiger partial charge is 0.162 e. The highest BCUT2D eigenvalue weighted by Gasteiger charge is 2.04. The first-order valence-electron chi connectivity index (χ1n) is 6.18. The molecule has 0 radical (unpaired) electrons. The normalized spacial score (nSPS) is 10.6. The molecule has 0 aliphatic heterocycles. The molecular formula is C14H19BrO3. The standard InChI is InChI=1S/C14H19BrO3/c1-2-17-10-11-18-9-3-4-14(16)12-5-7-13(15)8-6-12/h5-8H,2-4,9-11H2,1H3. The molecule has 1 aromatic carbocycles. The maximum Gasteiger partial charge on any atom is 0.162 e. The highest BCUT2D eigenvalue weighted by molar-refractivity contribution is 9.10. The average Bonchev–Trinajstić information content (AvgIpc) is 2.38. The van der Waals surface area contributed by atoms with Crippen molar-refractivity contribution in [3.63, 3.8) is 0 Å². The summed E-state index contributed by atoms with van der Waals surface area (Å²) in [6.07, 6.45) is 1.28. The molecule has 0 fully saturated rings. The minimum absolute atomic E-state index is 0.163. The maximum absolute atomic E-state index is 11.8. The molecule has 0 aromatic heterocycles. The molecule has 0 saturated heterocycles. The summed E-state index contributed by atoms with van der Waals surface area (Å²) < 4.78 is 11.5. The Kier molecular flexibility index (Phi) is 7.89. The minimum Gasteiger partial charge on any atom is -0.379 e. The van der Waals surface area contributed by atoms with E-state index in [1.165, 1.54) is 0 Å². The van der Waals surface area contributed by atoms with Gasteiger partial charge in [-0.15, -0.1) is 0 Å². The molecule has 1 aromatic rings. The van der Waals surface area contributed by atoms with E-state index in [0.717, 1.165) is 16.5 Å². The summed E-state index contributed by atoms with van der Waals surface area (Å²) in [6, 6.07) is 7.43. The lowest BCUT2D eigenvalue weighted by molar-refractivity contribution is 0.0509. The van der Waals surface area contributed by atoms with Crippen LogP contribution in [0.15, 0.2) is 28.7 Å². The molecule has 100 valence electrons. The molecule has 0 saturated carbocycles. The largest absolute Gasteiger partial charge is 0.379 e. The Bertz CT molecular complexity index is 349. The van der Waals surface area contributed by atoms with Crippen LogP contribution in [-0.4, -0.2) is 32.2 Å². The van der Waals surface area contributed by atoms with Gasteiger partial charge in [0.1, 0.15) is 0 Å². The maximum atomic E-state index is 11.8. The van der Waals surface area contributed by atoms with Crippen LogP contribution in [0.1, 0.15) is 30.1 Å². The van der Waals surface area contributed by atoms with Crippen molar-refractivity contribution in [2.75, 3.05) is 26.4 Å². The van der Waals surface area contributed by atoms with Crippen molar-refractivity contribution in [1.82, 2.24) is 0 Å². The number of halogens is 1. The third kappa shape index (κ3) is 6.28. The van der Waals surface area contributed by atoms with E-state index >= 15 is 0 Å². The summed E-state index contributed by atoms with van der Waals surface area (Å²) in [5, 5.41) is 0. The lowest BCUT2D eigenvalue weighted by Crippen LogP contribution is -2.06. The molecule has 0 aliphatic rings. The third-order valence-electron chi connectivity index (χ3n) is 2.43. The molecule has 0 unspecified atom stereocenters. The molecule has 0 heterocycles. The molecule has 0 spiro atoms. The first kappa shape index (κ1) is 15.3. The van der Waals surface area contributed by atoms with Gasteiger partial charge in [0.25, 0.3) is 0 Å². The number of ether oxygens (including phenoxy) is 2. The number of carbonyl (C=O) groups excluding carboxylic acids is 1. The van der Waals surface area contributed by atoms with Gasteiger partial charge in [-0.05, 0) is 25.5 Å². The highest BCUT2D eigenvalue weighted by atomic mass is 79.9. The molecule has 1 rings (SSSR count). The van der Waals surface area contributed by atoms with Crippen molar-refractivity contribution in [2.45, 2.75) is 19.8 Å². The SMILES string of the molecule is CCOCCOCCCC(=O)c1ccc(Br)cc1. The number of hydrogen-bond donors (Lipinski definition) is 0. The Morgan fingerprint density at radius 3 is 2.44 bits per heavy atom. The molecule has 0 atom stereocenters. The monoisotopic (exact) mass is 314 g/mol. The number of benzene rings is 1. The molecular weight excluding hydrogens is 296 g/mol. The number of hydrogen-bond acceptors (Lipinski definition) is 3. The van der Waals surface area contributed by atoms with Crippen LogP contribution in [0.5, 0.6) is 0 Å². The van der Waals surface area contributed by atoms with Gasteiger partial charge >= 0.3 is 0 Å². The quantitative estimate of drug-likeness (QED) is 0.517. The van der Waals surface area contributed by atoms with Gasteiger partial charge in [0.2, 0.25) is 0 Å². The van der Waals surface area contributed by atoms with E-state index in [-0.39, 0.29) is 5.78 Å². The molecule has 0 N–H and O–H groups in total. The number of rotatable bonds is 9. The van der Waals surface area contributed by atoms with Crippen LogP contribution in [0.25, 0.3) is 0 Å². The second kappa shape index (κ2) is 9.25. The molecule has 0 amide bonds. The fourth-order valence-electron chi connectivity index (χ4n) is 1.48. The van der Waals surface area contributed by atoms with E-state index in [9.17, 15) is 4.79 Å². The lowest BCUT2D eigenvalue weighted by Gasteiger charge is -2.04. The fraction of sp³-hybridized carbons (Fsp3) is 0.500. The van der Waals surface area contributed by atoms with Crippen molar-refractivity contribution in [3.8, 4) is 0 Å². The first-order valence-corrected chi connectivity index (χ1v) is 6.97. The van der Waals surface area contributed by atoms with Crippen LogP contribution in [-0.2, 0) is 9.47 Å². The van der Waals surface area contributed by atoms with Gasteiger partial charge in [-0.2, -0.15) is 0 Å². The summed E-state index contributed by atoms with van der Waals surface area (Å²) in [5.41, 5.74) is 0.757. The number of Topliss-reactive ketones (excluding diaryl/α,β-unsaturated/α-hetero) is 1. The van der Waals surface area contributed by atoms with Crippen molar-refractivity contribution < 1.29 is 14.3 Å². The van der Waals surface area contributed by atoms with Crippen LogP contribution in [0.3, 0.4) is 0 Å². The highest BCUT2D eigenvalue weighted by Crippen LogP contribution is 2.12. The van der Waals surface area contributed by atoms with Crippen LogP contribution in [0.2, 0.25) is 0 Å². The topological polar surface area (TPSA) is 35.5 Å². The summed E-state index contributed by atoms with van der Waals surface area (Å²) >= 11 is 3.35. The van der Waals surface area contributed by atoms with Crippen molar-refractivity contribution in [1.29, 1.82) is 0 Å². The fourth-order valence-corrected chi connectivity index (χ4v) is 1.74. The lowest BCUT2D eigenvalue weighted by atomic mass is 10.1. The summed E-state index contributed by atoms with van der Waals surface area (Å²) in [5.74, 6) is 0.163. The van der Waals surface area contributed by atoms with E-state index in [4.69, 9.17) is 9.47 Å². The van der Waals surface area contributed by atoms with Crippen molar-refractivity contribution in [2.24, 2.45) is 0 Å². The van der Waals surface area contributed by atoms with E-state index in [0.29, 0.717) is 32.8 Å². The number of ketones is 1. The Morgan fingerprint density at radius 1 is 1.11 bits per heavy atom. The van der Waals surface area contributed by atoms with E-state index < -0.39 is 0 Å². The Balaban J connectivity index is 2.12. The van der Waals surface area contributed by atoms with Crippen LogP contribution in [0.4, 0.5) is 0 Å². The van der Waals surface area contributed by atoms with E-state index in [2.05, 4.69) is 15.9 Å². The summed E-state index contributed by atoms with van der Waals surface area (Å²) in [7, 11) is 0. The van der Waals surface area contributed by atoms with Crippen molar-refractivity contribution >= 4 is 21.7 Å². The Morgan fingerprint density at radius 2 is 1.78 bits per heavy atom. The Labute approximate surface area is 117 Å². The van der Waals surface area contributed by atoms with Gasteiger partial charge in [-0.1, -0.05) is 28.1 Å². The van der Waals surface area contributed by atoms with Gasteiger partial charge in [-0.25, -0.2) is 0 Å². The van der Waals surface area contributed by atoms with Gasteiger partial charge in [0, 0.05) is 29.7 Å². The van der Waals surface area contributed by atoms with Crippen LogP contribution < -0.4 is 0 Å². The predicted molar refractivity (Wildman–Crippen MR) is 75.0 cm³/mol. The number of carbonyl (C=O) groups is 1. The van der Waals surface area contributed by atoms with Gasteiger partial charge in [0.05, 0.1) is 13.2 Å². The van der Waals surface area contributed by atoms with Gasteiger partial charge in [0.15, 0.2) is 5.78 Å². The second-order valence-corrected chi connectivity index (χ2v) is 4.76. The van der Waals surface area contributed by atoms with Gasteiger partial charge < -0.3 is 9.47 Å². The zero-order chi connectivity index (χ0) is 13.2. The second-order valence-electron chi connectivity index (χ2n) is 3.84. The Hall–Kier alpha value is -0.710. The minimum atomic E-state index is 0.163. The van der Waals surface area contributed by atoms with E-state index in [1.807, 2.05) is 31.2 Å². The van der Waals surface area contributed by atoms with Crippen molar-refractivity contribution in [3.05, 3.63) is 34.3 Å². The van der Waals surface area contributed by atoms with E-state index in [1.54, 1.807) is 0 Å². The molecule has 0 bridgehead atoms. The third-order valence-corrected chi connectivity index (χ3v) is 2.96. The molecule has 3 nitrogen and oxygen atoms in total.